The predicted octanol–water partition coefficient (Wildman–Crippen LogP) is 5.12. The number of hydrogen-bond acceptors (Lipinski definition) is 5. The van der Waals surface area contributed by atoms with Crippen LogP contribution in [0.15, 0.2) is 56.9 Å². The molecule has 0 bridgehead atoms. The van der Waals surface area contributed by atoms with Crippen molar-refractivity contribution in [1.82, 2.24) is 9.13 Å². The summed E-state index contributed by atoms with van der Waals surface area (Å²) < 4.78 is 2.81. The summed E-state index contributed by atoms with van der Waals surface area (Å²) in [7, 11) is 1.49. The zero-order valence-electron chi connectivity index (χ0n) is 19.7. The second-order valence-electron chi connectivity index (χ2n) is 8.85. The molecule has 0 aliphatic carbocycles. The van der Waals surface area contributed by atoms with Gasteiger partial charge in [0, 0.05) is 29.8 Å². The molecule has 4 rings (SSSR count). The van der Waals surface area contributed by atoms with Gasteiger partial charge in [-0.2, -0.15) is 0 Å². The van der Waals surface area contributed by atoms with E-state index in [1.54, 1.807) is 4.57 Å². The lowest BCUT2D eigenvalue weighted by Crippen LogP contribution is -2.38. The number of benzene rings is 2. The third-order valence-corrected chi connectivity index (χ3v) is 8.73. The SMILES string of the molecule is CCC(Sc1c(Cc2cccc3ccccc23)sc2c1c(=O)n(C)c(=O)n2CC(C)C)C(=O)O. The Kier molecular flexibility index (Phi) is 7.00. The van der Waals surface area contributed by atoms with E-state index in [0.29, 0.717) is 34.5 Å². The van der Waals surface area contributed by atoms with Crippen molar-refractivity contribution in [3.63, 3.8) is 0 Å². The molecule has 1 N–H and O–H groups in total. The van der Waals surface area contributed by atoms with Gasteiger partial charge in [0.05, 0.1) is 5.39 Å². The summed E-state index contributed by atoms with van der Waals surface area (Å²) in [4.78, 5) is 40.5. The minimum atomic E-state index is -0.907. The second-order valence-corrected chi connectivity index (χ2v) is 11.2. The van der Waals surface area contributed by atoms with Crippen LogP contribution in [0.4, 0.5) is 0 Å². The highest BCUT2D eigenvalue weighted by atomic mass is 32.2. The van der Waals surface area contributed by atoms with E-state index >= 15 is 0 Å². The monoisotopic (exact) mass is 496 g/mol. The Morgan fingerprint density at radius 2 is 1.82 bits per heavy atom. The lowest BCUT2D eigenvalue weighted by Gasteiger charge is -2.13. The predicted molar refractivity (Wildman–Crippen MR) is 140 cm³/mol. The fourth-order valence-electron chi connectivity index (χ4n) is 4.19. The smallest absolute Gasteiger partial charge is 0.331 e. The number of thiophene rings is 1. The topological polar surface area (TPSA) is 81.3 Å². The normalized spacial score (nSPS) is 12.6. The summed E-state index contributed by atoms with van der Waals surface area (Å²) in [5.41, 5.74) is 0.388. The van der Waals surface area contributed by atoms with Gasteiger partial charge in [0.25, 0.3) is 5.56 Å². The van der Waals surface area contributed by atoms with Crippen LogP contribution in [0.25, 0.3) is 21.0 Å². The zero-order valence-corrected chi connectivity index (χ0v) is 21.3. The van der Waals surface area contributed by atoms with Crippen LogP contribution >= 0.6 is 23.1 Å². The van der Waals surface area contributed by atoms with Gasteiger partial charge in [-0.15, -0.1) is 23.1 Å². The molecule has 0 spiro atoms. The van der Waals surface area contributed by atoms with E-state index in [0.717, 1.165) is 25.8 Å². The Balaban J connectivity index is 2.00. The minimum absolute atomic E-state index is 0.209. The lowest BCUT2D eigenvalue weighted by molar-refractivity contribution is -0.136. The molecule has 0 saturated carbocycles. The molecular formula is C26H28N2O4S2. The number of nitrogens with zero attached hydrogens (tertiary/aromatic N) is 2. The molecule has 8 heteroatoms. The number of carboxylic acids is 1. The molecule has 0 amide bonds. The number of fused-ring (bicyclic) bond motifs is 2. The molecule has 2 aromatic carbocycles. The first-order valence-electron chi connectivity index (χ1n) is 11.3. The quantitative estimate of drug-likeness (QED) is 0.343. The highest BCUT2D eigenvalue weighted by Crippen LogP contribution is 2.41. The van der Waals surface area contributed by atoms with Crippen molar-refractivity contribution in [1.29, 1.82) is 0 Å². The van der Waals surface area contributed by atoms with Gasteiger partial charge in [0.1, 0.15) is 10.1 Å². The summed E-state index contributed by atoms with van der Waals surface area (Å²) >= 11 is 2.66. The number of aliphatic carboxylic acids is 1. The van der Waals surface area contributed by atoms with Gasteiger partial charge in [-0.1, -0.05) is 63.2 Å². The van der Waals surface area contributed by atoms with Gasteiger partial charge >= 0.3 is 11.7 Å². The van der Waals surface area contributed by atoms with Crippen LogP contribution < -0.4 is 11.2 Å². The Hall–Kier alpha value is -2.84. The van der Waals surface area contributed by atoms with E-state index in [1.807, 2.05) is 39.0 Å². The van der Waals surface area contributed by atoms with E-state index < -0.39 is 11.2 Å². The third-order valence-electron chi connectivity index (χ3n) is 5.88. The van der Waals surface area contributed by atoms with Crippen molar-refractivity contribution in [3.05, 3.63) is 73.7 Å². The zero-order chi connectivity index (χ0) is 24.6. The van der Waals surface area contributed by atoms with Crippen LogP contribution in [0.3, 0.4) is 0 Å². The highest BCUT2D eigenvalue weighted by molar-refractivity contribution is 8.01. The number of thioether (sulfide) groups is 1. The van der Waals surface area contributed by atoms with Crippen LogP contribution in [0.5, 0.6) is 0 Å². The Labute approximate surface area is 205 Å². The van der Waals surface area contributed by atoms with Gasteiger partial charge in [0.2, 0.25) is 0 Å². The van der Waals surface area contributed by atoms with Gasteiger partial charge in [0.15, 0.2) is 0 Å². The number of carboxylic acid groups (broad SMARTS) is 1. The van der Waals surface area contributed by atoms with Crippen LogP contribution in [-0.2, 0) is 24.8 Å². The van der Waals surface area contributed by atoms with Crippen LogP contribution in [0.2, 0.25) is 0 Å². The van der Waals surface area contributed by atoms with E-state index in [4.69, 9.17) is 0 Å². The molecule has 2 heterocycles. The summed E-state index contributed by atoms with van der Waals surface area (Å²) in [6.07, 6.45) is 0.981. The fourth-order valence-corrected chi connectivity index (χ4v) is 6.79. The Bertz CT molecular complexity index is 1490. The lowest BCUT2D eigenvalue weighted by atomic mass is 10.0. The largest absolute Gasteiger partial charge is 0.480 e. The Morgan fingerprint density at radius 3 is 2.50 bits per heavy atom. The van der Waals surface area contributed by atoms with Gasteiger partial charge in [-0.3, -0.25) is 18.7 Å². The average molecular weight is 497 g/mol. The minimum Gasteiger partial charge on any atom is -0.480 e. The molecular weight excluding hydrogens is 468 g/mol. The molecule has 1 unspecified atom stereocenters. The number of rotatable bonds is 8. The molecule has 0 fully saturated rings. The standard InChI is InChI=1S/C26H28N2O4S2/c1-5-19(25(30)31)33-22-20(13-17-11-8-10-16-9-6-7-12-18(16)17)34-24-21(22)23(29)27(4)26(32)28(24)14-15(2)3/h6-12,15,19H,5,13-14H2,1-4H3,(H,30,31). The third kappa shape index (κ3) is 4.44. The number of carbonyl (C=O) groups is 1. The molecule has 0 saturated heterocycles. The van der Waals surface area contributed by atoms with Crippen LogP contribution in [0, 0.1) is 5.92 Å². The highest BCUT2D eigenvalue weighted by Gasteiger charge is 2.26. The fraction of sp³-hybridized carbons (Fsp3) is 0.346. The molecule has 6 nitrogen and oxygen atoms in total. The van der Waals surface area contributed by atoms with Crippen molar-refractivity contribution in [2.75, 3.05) is 0 Å². The van der Waals surface area contributed by atoms with Crippen molar-refractivity contribution in [2.45, 2.75) is 50.3 Å². The summed E-state index contributed by atoms with van der Waals surface area (Å²) in [6, 6.07) is 14.3. The van der Waals surface area contributed by atoms with Gasteiger partial charge < -0.3 is 5.11 Å². The maximum absolute atomic E-state index is 13.3. The van der Waals surface area contributed by atoms with Crippen molar-refractivity contribution >= 4 is 50.1 Å². The second kappa shape index (κ2) is 9.80. The van der Waals surface area contributed by atoms with E-state index in [2.05, 4.69) is 24.3 Å². The van der Waals surface area contributed by atoms with Gasteiger partial charge in [-0.05, 0) is 28.7 Å². The molecule has 0 radical (unpaired) electrons. The van der Waals surface area contributed by atoms with E-state index in [-0.39, 0.29) is 17.2 Å². The average Bonchev–Trinajstić information content (AvgIpc) is 3.16. The van der Waals surface area contributed by atoms with Crippen LogP contribution in [-0.4, -0.2) is 25.5 Å². The summed E-state index contributed by atoms with van der Waals surface area (Å²) in [5, 5.41) is 11.8. The van der Waals surface area contributed by atoms with Crippen LogP contribution in [0.1, 0.15) is 37.6 Å². The first kappa shape index (κ1) is 24.3. The molecule has 2 aromatic heterocycles. The molecule has 1 atom stereocenters. The van der Waals surface area contributed by atoms with Gasteiger partial charge in [-0.25, -0.2) is 4.79 Å². The maximum Gasteiger partial charge on any atom is 0.331 e. The maximum atomic E-state index is 13.3. The van der Waals surface area contributed by atoms with E-state index in [9.17, 15) is 19.5 Å². The van der Waals surface area contributed by atoms with Crippen molar-refractivity contribution in [2.24, 2.45) is 13.0 Å². The first-order chi connectivity index (χ1) is 16.2. The summed E-state index contributed by atoms with van der Waals surface area (Å²) in [5.74, 6) is -0.698. The molecule has 34 heavy (non-hydrogen) atoms. The van der Waals surface area contributed by atoms with E-state index in [1.165, 1.54) is 30.1 Å². The Morgan fingerprint density at radius 1 is 1.12 bits per heavy atom. The first-order valence-corrected chi connectivity index (χ1v) is 13.0. The number of hydrogen-bond donors (Lipinski definition) is 1. The molecule has 178 valence electrons. The molecule has 4 aromatic rings. The van der Waals surface area contributed by atoms with Crippen molar-refractivity contribution < 1.29 is 9.90 Å². The van der Waals surface area contributed by atoms with Crippen molar-refractivity contribution in [3.8, 4) is 0 Å². The number of aromatic nitrogens is 2. The summed E-state index contributed by atoms with van der Waals surface area (Å²) in [6.45, 7) is 6.37. The molecule has 0 aliphatic heterocycles. The molecule has 0 aliphatic rings.